The zero-order valence-corrected chi connectivity index (χ0v) is 14.8. The van der Waals surface area contributed by atoms with Crippen molar-refractivity contribution in [2.75, 3.05) is 13.7 Å². The highest BCUT2D eigenvalue weighted by Gasteiger charge is 2.38. The van der Waals surface area contributed by atoms with Gasteiger partial charge >= 0.3 is 5.97 Å². The van der Waals surface area contributed by atoms with Crippen LogP contribution in [-0.4, -0.2) is 62.3 Å². The minimum Gasteiger partial charge on any atom is -0.481 e. The van der Waals surface area contributed by atoms with E-state index in [9.17, 15) is 9.59 Å². The summed E-state index contributed by atoms with van der Waals surface area (Å²) in [6.45, 7) is 5.92. The van der Waals surface area contributed by atoms with Gasteiger partial charge in [-0.15, -0.1) is 0 Å². The summed E-state index contributed by atoms with van der Waals surface area (Å²) in [5, 5.41) is 13.6. The molecule has 134 valence electrons. The predicted octanol–water partition coefficient (Wildman–Crippen LogP) is 1.36. The van der Waals surface area contributed by atoms with Crippen LogP contribution in [0.2, 0.25) is 0 Å². The molecule has 1 aliphatic rings. The Morgan fingerprint density at radius 3 is 2.72 bits per heavy atom. The number of aromatic nitrogens is 3. The molecule has 0 saturated carbocycles. The number of carbonyl (C=O) groups excluding carboxylic acids is 1. The fraction of sp³-hybridized carbons (Fsp3) is 0.529. The number of methoxy groups -OCH3 is 1. The third-order valence-corrected chi connectivity index (χ3v) is 4.66. The highest BCUT2D eigenvalue weighted by atomic mass is 16.5. The van der Waals surface area contributed by atoms with E-state index < -0.39 is 12.0 Å². The van der Waals surface area contributed by atoms with Gasteiger partial charge in [-0.3, -0.25) is 9.59 Å². The van der Waals surface area contributed by atoms with Gasteiger partial charge in [0.2, 0.25) is 0 Å². The lowest BCUT2D eigenvalue weighted by Crippen LogP contribution is -2.37. The molecular weight excluding hydrogens is 324 g/mol. The first kappa shape index (κ1) is 17.3. The summed E-state index contributed by atoms with van der Waals surface area (Å²) in [6.07, 6.45) is 0.250. The summed E-state index contributed by atoms with van der Waals surface area (Å²) in [5.74, 6) is -1.17. The fourth-order valence-corrected chi connectivity index (χ4v) is 3.51. The van der Waals surface area contributed by atoms with E-state index in [2.05, 4.69) is 10.1 Å². The normalized spacial score (nSPS) is 20.4. The number of aliphatic carboxylic acids is 1. The molecule has 0 aromatic carbocycles. The van der Waals surface area contributed by atoms with Crippen LogP contribution in [-0.2, 0) is 9.53 Å². The van der Waals surface area contributed by atoms with Crippen molar-refractivity contribution in [3.8, 4) is 0 Å². The Kier molecular flexibility index (Phi) is 4.47. The first-order valence-corrected chi connectivity index (χ1v) is 8.21. The van der Waals surface area contributed by atoms with E-state index >= 15 is 0 Å². The van der Waals surface area contributed by atoms with Crippen molar-refractivity contribution in [3.05, 3.63) is 28.7 Å². The second kappa shape index (κ2) is 6.44. The first-order valence-electron chi connectivity index (χ1n) is 8.21. The van der Waals surface area contributed by atoms with Crippen molar-refractivity contribution in [1.82, 2.24) is 19.5 Å². The van der Waals surface area contributed by atoms with Gasteiger partial charge < -0.3 is 14.7 Å². The minimum atomic E-state index is -0.930. The minimum absolute atomic E-state index is 0.102. The van der Waals surface area contributed by atoms with Gasteiger partial charge in [0.05, 0.1) is 18.2 Å². The topological polar surface area (TPSA) is 97.0 Å². The Bertz CT molecular complexity index is 845. The van der Waals surface area contributed by atoms with Crippen LogP contribution < -0.4 is 0 Å². The van der Waals surface area contributed by atoms with Gasteiger partial charge in [0.25, 0.3) is 5.91 Å². The molecule has 3 rings (SSSR count). The monoisotopic (exact) mass is 346 g/mol. The van der Waals surface area contributed by atoms with Crippen LogP contribution in [0.15, 0.2) is 6.07 Å². The van der Waals surface area contributed by atoms with Crippen molar-refractivity contribution in [3.63, 3.8) is 0 Å². The van der Waals surface area contributed by atoms with E-state index in [0.717, 1.165) is 11.4 Å². The van der Waals surface area contributed by atoms with Crippen LogP contribution in [0, 0.1) is 20.8 Å². The molecule has 25 heavy (non-hydrogen) atoms. The number of hydrogen-bond donors (Lipinski definition) is 1. The van der Waals surface area contributed by atoms with E-state index in [0.29, 0.717) is 29.9 Å². The molecule has 2 unspecified atom stereocenters. The lowest BCUT2D eigenvalue weighted by atomic mass is 10.1. The van der Waals surface area contributed by atoms with Gasteiger partial charge in [-0.1, -0.05) is 0 Å². The average molecular weight is 346 g/mol. The molecule has 1 fully saturated rings. The van der Waals surface area contributed by atoms with Crippen LogP contribution in [0.3, 0.4) is 0 Å². The zero-order chi connectivity index (χ0) is 18.3. The third-order valence-electron chi connectivity index (χ3n) is 4.66. The first-order chi connectivity index (χ1) is 11.8. The number of fused-ring (bicyclic) bond motifs is 1. The molecule has 8 heteroatoms. The number of carboxylic acid groups (broad SMARTS) is 1. The summed E-state index contributed by atoms with van der Waals surface area (Å²) >= 11 is 0. The number of carbonyl (C=O) groups is 2. The van der Waals surface area contributed by atoms with Crippen molar-refractivity contribution in [1.29, 1.82) is 0 Å². The van der Waals surface area contributed by atoms with Crippen LogP contribution in [0.5, 0.6) is 0 Å². The average Bonchev–Trinajstić information content (AvgIpc) is 3.07. The number of nitrogens with zero attached hydrogens (tertiary/aromatic N) is 4. The second-order valence-electron chi connectivity index (χ2n) is 6.54. The van der Waals surface area contributed by atoms with E-state index in [1.807, 2.05) is 19.9 Å². The molecule has 1 N–H and O–H groups in total. The summed E-state index contributed by atoms with van der Waals surface area (Å²) in [4.78, 5) is 30.4. The maximum absolute atomic E-state index is 13.2. The van der Waals surface area contributed by atoms with Gasteiger partial charge in [0.15, 0.2) is 5.65 Å². The maximum Gasteiger partial charge on any atom is 0.305 e. The number of likely N-dealkylation sites (tertiary alicyclic amines) is 1. The number of hydrogen-bond acceptors (Lipinski definition) is 5. The molecular formula is C17H22N4O4. The molecule has 8 nitrogen and oxygen atoms in total. The number of amides is 1. The van der Waals surface area contributed by atoms with E-state index in [1.54, 1.807) is 23.4 Å². The molecule has 0 radical (unpaired) electrons. The Hall–Kier alpha value is -2.48. The van der Waals surface area contributed by atoms with Gasteiger partial charge in [0.1, 0.15) is 5.56 Å². The Labute approximate surface area is 145 Å². The van der Waals surface area contributed by atoms with Crippen LogP contribution in [0.4, 0.5) is 0 Å². The zero-order valence-electron chi connectivity index (χ0n) is 14.8. The summed E-state index contributed by atoms with van der Waals surface area (Å²) in [7, 11) is 1.57. The quantitative estimate of drug-likeness (QED) is 0.898. The molecule has 1 amide bonds. The van der Waals surface area contributed by atoms with Crippen LogP contribution in [0.1, 0.15) is 40.3 Å². The largest absolute Gasteiger partial charge is 0.481 e. The number of rotatable bonds is 4. The standard InChI is InChI=1S/C17H22N4O4/c1-9-5-10(2)21-16(18-9)15(11(3)19-21)17(24)20-8-13(25-4)6-12(20)7-14(22)23/h5,12-13H,6-8H2,1-4H3,(H,22,23). The second-order valence-corrected chi connectivity index (χ2v) is 6.54. The Balaban J connectivity index is 2.03. The molecule has 3 heterocycles. The fourth-order valence-electron chi connectivity index (χ4n) is 3.51. The van der Waals surface area contributed by atoms with Gasteiger partial charge in [0, 0.05) is 31.1 Å². The smallest absolute Gasteiger partial charge is 0.305 e. The molecule has 1 saturated heterocycles. The summed E-state index contributed by atoms with van der Waals surface area (Å²) in [5.41, 5.74) is 3.22. The molecule has 2 aromatic rings. The van der Waals surface area contributed by atoms with Crippen molar-refractivity contribution in [2.24, 2.45) is 0 Å². The van der Waals surface area contributed by atoms with Gasteiger partial charge in [-0.05, 0) is 33.3 Å². The molecule has 0 bridgehead atoms. The highest BCUT2D eigenvalue weighted by molar-refractivity contribution is 6.01. The van der Waals surface area contributed by atoms with Crippen molar-refractivity contribution >= 4 is 17.5 Å². The predicted molar refractivity (Wildman–Crippen MR) is 89.7 cm³/mol. The van der Waals surface area contributed by atoms with Crippen LogP contribution in [0.25, 0.3) is 5.65 Å². The van der Waals surface area contributed by atoms with E-state index in [-0.39, 0.29) is 18.4 Å². The number of carboxylic acids is 1. The lowest BCUT2D eigenvalue weighted by Gasteiger charge is -2.23. The molecule has 1 aliphatic heterocycles. The van der Waals surface area contributed by atoms with Crippen molar-refractivity contribution < 1.29 is 19.4 Å². The SMILES string of the molecule is COC1CC(CC(=O)O)N(C(=O)c2c(C)nn3c(C)cc(C)nc23)C1. The highest BCUT2D eigenvalue weighted by Crippen LogP contribution is 2.27. The summed E-state index contributed by atoms with van der Waals surface area (Å²) in [6, 6.07) is 1.51. The Morgan fingerprint density at radius 1 is 1.36 bits per heavy atom. The molecule has 0 aliphatic carbocycles. The third kappa shape index (κ3) is 3.09. The van der Waals surface area contributed by atoms with Gasteiger partial charge in [-0.2, -0.15) is 5.10 Å². The maximum atomic E-state index is 13.2. The number of ether oxygens (including phenoxy) is 1. The molecule has 2 aromatic heterocycles. The van der Waals surface area contributed by atoms with E-state index in [4.69, 9.17) is 9.84 Å². The Morgan fingerprint density at radius 2 is 2.08 bits per heavy atom. The van der Waals surface area contributed by atoms with E-state index in [1.165, 1.54) is 0 Å². The molecule has 2 atom stereocenters. The lowest BCUT2D eigenvalue weighted by molar-refractivity contribution is -0.137. The van der Waals surface area contributed by atoms with Crippen molar-refractivity contribution in [2.45, 2.75) is 45.8 Å². The van der Waals surface area contributed by atoms with Crippen LogP contribution >= 0.6 is 0 Å². The molecule has 0 spiro atoms. The summed E-state index contributed by atoms with van der Waals surface area (Å²) < 4.78 is 7.01. The van der Waals surface area contributed by atoms with Gasteiger partial charge in [-0.25, -0.2) is 9.50 Å². The number of aryl methyl sites for hydroxylation is 3.